The number of thioether (sulfide) groups is 2. The number of esters is 4. The zero-order valence-corrected chi connectivity index (χ0v) is 54.5. The highest BCUT2D eigenvalue weighted by Crippen LogP contribution is 2.65. The quantitative estimate of drug-likeness (QED) is 0.0902. The van der Waals surface area contributed by atoms with Crippen LogP contribution >= 0.6 is 23.5 Å². The Kier molecular flexibility index (Phi) is 17.0. The van der Waals surface area contributed by atoms with Crippen LogP contribution in [0.1, 0.15) is 142 Å². The number of aromatic hydroxyl groups is 2. The van der Waals surface area contributed by atoms with Crippen molar-refractivity contribution in [3.8, 4) is 63.6 Å². The maximum absolute atomic E-state index is 13.5. The maximum atomic E-state index is 13.5. The van der Waals surface area contributed by atoms with Gasteiger partial charge in [-0.05, 0) is 62.8 Å². The number of methoxy groups -OCH3 is 2. The zero-order chi connectivity index (χ0) is 65.9. The van der Waals surface area contributed by atoms with Gasteiger partial charge in [0.25, 0.3) is 0 Å². The third kappa shape index (κ3) is 10.3. The number of fused-ring (bicyclic) bond motifs is 20. The molecule has 2 amide bonds. The van der Waals surface area contributed by atoms with Gasteiger partial charge in [0.15, 0.2) is 46.0 Å². The molecular formula is C65H73N7O19S2. The highest BCUT2D eigenvalue weighted by Gasteiger charge is 2.61. The summed E-state index contributed by atoms with van der Waals surface area (Å²) >= 11 is 2.77. The first-order valence-electron chi connectivity index (χ1n) is 31.0. The van der Waals surface area contributed by atoms with Gasteiger partial charge >= 0.3 is 23.9 Å². The molecule has 14 atom stereocenters. The number of hydrogen-bond acceptors (Lipinski definition) is 26. The largest absolute Gasteiger partial charge is 0.504 e. The molecular weight excluding hydrogens is 1250 g/mol. The monoisotopic (exact) mass is 1320 g/mol. The molecule has 4 saturated heterocycles. The normalized spacial score (nSPS) is 28.9. The molecule has 494 valence electrons. The number of amides is 2. The van der Waals surface area contributed by atoms with E-state index in [1.165, 1.54) is 51.6 Å². The number of nitrogens with one attached hydrogen (secondary N) is 4. The summed E-state index contributed by atoms with van der Waals surface area (Å²) in [7, 11) is 3.03. The lowest BCUT2D eigenvalue weighted by Gasteiger charge is -2.59. The first kappa shape index (κ1) is 63.8. The van der Waals surface area contributed by atoms with Crippen LogP contribution in [0.15, 0.2) is 12.1 Å². The standard InChI is InChI=1S/C33H36N4O9S.C32H37N3O10S/c1-6-21(39)35-18-11-47-32-24-23(31-30(44-12-45-31)14(3)29(24)46-15(4)38)20(10-43-33(18)41)37-19(9-34)17-8-16-7-13(2)28(42-5)27(40)22(16)25(36-17)26(32)37;1-6-19(37)33-17-10-46-30-22-21(29-28(43-11-44-29)13(3)27(22)45-14(4)36)18(9-42-32(17)40)35-24(30)23-20-15(8-16(34-23)31(35)39)7-12(2)26(41-5)25(20)38/h7,17-20,25-26,32,36,40H,6,8,10-12H2,1-5H3,(H,35,39);7,16-18,23-24,30-31,34,38-39H,6,8-11H2,1-5H3,(H,33,37)/t17-,18?,19-,20-,25+,26?,32+;16-,17?,18-,23+,24?,30+,31-/m00/s1. The Balaban J connectivity index is 0.000000169. The number of aliphatic hydroxyl groups excluding tert-OH is 1. The third-order valence-corrected chi connectivity index (χ3v) is 22.2. The molecule has 12 aliphatic rings. The molecule has 93 heavy (non-hydrogen) atoms. The van der Waals surface area contributed by atoms with Crippen LogP contribution in [0.2, 0.25) is 0 Å². The highest BCUT2D eigenvalue weighted by atomic mass is 32.2. The predicted molar refractivity (Wildman–Crippen MR) is 332 cm³/mol. The Morgan fingerprint density at radius 3 is 1.47 bits per heavy atom. The average Bonchev–Trinajstić information content (AvgIpc) is 1.44. The van der Waals surface area contributed by atoms with Crippen molar-refractivity contribution in [1.29, 1.82) is 5.26 Å². The number of aryl methyl sites for hydroxylation is 2. The molecule has 12 aliphatic heterocycles. The number of nitrogens with zero attached hydrogens (tertiary/aromatic N) is 3. The Morgan fingerprint density at radius 1 is 0.624 bits per heavy atom. The van der Waals surface area contributed by atoms with Gasteiger partial charge in [-0.2, -0.15) is 5.26 Å². The van der Waals surface area contributed by atoms with E-state index in [9.17, 15) is 49.3 Å². The minimum Gasteiger partial charge on any atom is -0.504 e. The van der Waals surface area contributed by atoms with Gasteiger partial charge in [-0.25, -0.2) is 9.59 Å². The zero-order valence-electron chi connectivity index (χ0n) is 52.8. The van der Waals surface area contributed by atoms with Crippen LogP contribution in [-0.2, 0) is 51.1 Å². The number of hydrogen-bond donors (Lipinski definition) is 7. The number of carbonyl (C=O) groups excluding carboxylic acids is 6. The first-order valence-corrected chi connectivity index (χ1v) is 33.1. The second-order valence-corrected chi connectivity index (χ2v) is 27.0. The van der Waals surface area contributed by atoms with Crippen molar-refractivity contribution < 1.29 is 91.5 Å². The van der Waals surface area contributed by atoms with Crippen LogP contribution in [0.3, 0.4) is 0 Å². The summed E-state index contributed by atoms with van der Waals surface area (Å²) in [5.41, 5.74) is 8.40. The van der Waals surface area contributed by atoms with Crippen molar-refractivity contribution in [2.45, 2.75) is 164 Å². The van der Waals surface area contributed by atoms with Crippen LogP contribution in [0.5, 0.6) is 57.5 Å². The van der Waals surface area contributed by atoms with Gasteiger partial charge in [-0.15, -0.1) is 23.5 Å². The van der Waals surface area contributed by atoms with E-state index in [1.807, 2.05) is 30.9 Å². The van der Waals surface area contributed by atoms with Gasteiger partial charge in [-0.3, -0.25) is 29.0 Å². The fraction of sp³-hybridized carbons (Fsp3) is 0.523. The van der Waals surface area contributed by atoms with Crippen molar-refractivity contribution in [2.24, 2.45) is 0 Å². The van der Waals surface area contributed by atoms with Crippen molar-refractivity contribution >= 4 is 59.2 Å². The molecule has 0 aromatic heterocycles. The van der Waals surface area contributed by atoms with E-state index in [0.717, 1.165) is 22.3 Å². The van der Waals surface area contributed by atoms with E-state index >= 15 is 0 Å². The molecule has 4 unspecified atom stereocenters. The number of carbonyl (C=O) groups is 6. The SMILES string of the molecule is CCC(=O)NC1CS[C@@H]2c3c(OC(C)=O)c(C)c4c(c3[C@H](COC1=O)N1C2[C@@H]2N[C@@H](Cc3cc(C)c(OC)c(O)c32)[C@@H]1C#N)OCO4.CCC(=O)NC1CS[C@@H]2c3c(OC(C)=O)c(C)c4c(c3[C@H](COC1=O)N1C2[C@@H]2N[C@@H](Cc3cc(C)c(OC)c(O)c32)[C@@H]1O)OCO4. The van der Waals surface area contributed by atoms with Crippen molar-refractivity contribution in [3.63, 3.8) is 0 Å². The lowest BCUT2D eigenvalue weighted by atomic mass is 9.72. The number of nitriles is 1. The lowest BCUT2D eigenvalue weighted by Crippen LogP contribution is -2.69. The summed E-state index contributed by atoms with van der Waals surface area (Å²) in [5.74, 6) is 0.588. The van der Waals surface area contributed by atoms with E-state index in [2.05, 4.69) is 32.2 Å². The molecule has 16 rings (SSSR count). The van der Waals surface area contributed by atoms with Gasteiger partial charge < -0.3 is 84.0 Å². The van der Waals surface area contributed by atoms with Gasteiger partial charge in [0.2, 0.25) is 25.4 Å². The van der Waals surface area contributed by atoms with Crippen molar-refractivity contribution in [1.82, 2.24) is 31.1 Å². The van der Waals surface area contributed by atoms with Crippen LogP contribution in [0, 0.1) is 39.0 Å². The van der Waals surface area contributed by atoms with E-state index in [4.69, 9.17) is 47.4 Å². The first-order chi connectivity index (χ1) is 44.6. The fourth-order valence-electron chi connectivity index (χ4n) is 15.8. The molecule has 0 aliphatic carbocycles. The molecule has 28 heteroatoms. The Morgan fingerprint density at radius 2 is 1.04 bits per heavy atom. The average molecular weight is 1320 g/mol. The summed E-state index contributed by atoms with van der Waals surface area (Å²) in [6.07, 6.45) is 0.244. The molecule has 8 bridgehead atoms. The number of phenolic OH excluding ortho intramolecular Hbond substituents is 2. The second-order valence-electron chi connectivity index (χ2n) is 24.7. The summed E-state index contributed by atoms with van der Waals surface area (Å²) in [6, 6.07) is -0.380. The molecule has 7 N–H and O–H groups in total. The third-order valence-electron chi connectivity index (χ3n) is 19.4. The molecule has 4 aromatic rings. The number of ether oxygens (including phenoxy) is 10. The van der Waals surface area contributed by atoms with E-state index < -0.39 is 101 Å². The summed E-state index contributed by atoms with van der Waals surface area (Å²) in [5, 5.41) is 58.0. The Hall–Kier alpha value is -7.91. The van der Waals surface area contributed by atoms with Crippen molar-refractivity contribution in [3.05, 3.63) is 78.9 Å². The predicted octanol–water partition coefficient (Wildman–Crippen LogP) is 4.99. The number of piperazine rings is 2. The van der Waals surface area contributed by atoms with Gasteiger partial charge in [0.1, 0.15) is 49.1 Å². The maximum Gasteiger partial charge on any atom is 0.329 e. The van der Waals surface area contributed by atoms with E-state index in [-0.39, 0.29) is 80.5 Å². The molecule has 0 spiro atoms. The van der Waals surface area contributed by atoms with Gasteiger partial charge in [-0.1, -0.05) is 26.0 Å². The molecule has 0 radical (unpaired) electrons. The Bertz CT molecular complexity index is 3880. The topological polar surface area (TPSA) is 334 Å². The van der Waals surface area contributed by atoms with Crippen molar-refractivity contribution in [2.75, 3.05) is 52.5 Å². The Labute approximate surface area is 543 Å². The molecule has 4 aromatic carbocycles. The number of benzene rings is 4. The molecule has 12 heterocycles. The molecule has 26 nitrogen and oxygen atoms in total. The fourth-order valence-corrected chi connectivity index (χ4v) is 18.8. The van der Waals surface area contributed by atoms with Gasteiger partial charge in [0, 0.05) is 101 Å². The van der Waals surface area contributed by atoms with E-state index in [1.54, 1.807) is 27.7 Å². The minimum absolute atomic E-state index is 0.0181. The summed E-state index contributed by atoms with van der Waals surface area (Å²) < 4.78 is 58.9. The van der Waals surface area contributed by atoms with Crippen LogP contribution in [0.25, 0.3) is 0 Å². The number of aliphatic hydroxyl groups is 1. The van der Waals surface area contributed by atoms with Crippen LogP contribution in [0.4, 0.5) is 0 Å². The highest BCUT2D eigenvalue weighted by molar-refractivity contribution is 7.99. The minimum atomic E-state index is -1.04. The number of rotatable bonds is 8. The van der Waals surface area contributed by atoms with Crippen LogP contribution < -0.4 is 59.2 Å². The summed E-state index contributed by atoms with van der Waals surface area (Å²) in [6.45, 7) is 12.9. The van der Waals surface area contributed by atoms with Gasteiger partial charge in [0.05, 0.1) is 61.0 Å². The lowest BCUT2D eigenvalue weighted by molar-refractivity contribution is -0.160. The smallest absolute Gasteiger partial charge is 0.329 e. The van der Waals surface area contributed by atoms with Crippen LogP contribution in [-0.4, -0.2) is 162 Å². The summed E-state index contributed by atoms with van der Waals surface area (Å²) in [4.78, 5) is 81.0. The van der Waals surface area contributed by atoms with E-state index in [0.29, 0.717) is 103 Å². The second kappa shape index (κ2) is 24.8. The molecule has 0 saturated carbocycles. The molecule has 4 fully saturated rings. The number of phenols is 2.